The molecule has 1 aliphatic carbocycles. The molecule has 1 unspecified atom stereocenters. The molecule has 0 bridgehead atoms. The Bertz CT molecular complexity index is 660. The highest BCUT2D eigenvalue weighted by atomic mass is 32.2. The van der Waals surface area contributed by atoms with Crippen LogP contribution in [0, 0.1) is 5.92 Å². The van der Waals surface area contributed by atoms with Crippen molar-refractivity contribution < 1.29 is 23.1 Å². The Balaban J connectivity index is 2.19. The van der Waals surface area contributed by atoms with Crippen LogP contribution >= 0.6 is 11.3 Å². The van der Waals surface area contributed by atoms with Gasteiger partial charge >= 0.3 is 5.97 Å². The molecule has 8 heteroatoms. The maximum atomic E-state index is 12.5. The van der Waals surface area contributed by atoms with E-state index in [0.717, 1.165) is 30.4 Å². The Morgan fingerprint density at radius 2 is 2.10 bits per heavy atom. The number of aliphatic carboxylic acids is 1. The van der Waals surface area contributed by atoms with Crippen LogP contribution in [0.5, 0.6) is 0 Å². The molecule has 1 saturated carbocycles. The van der Waals surface area contributed by atoms with E-state index in [9.17, 15) is 18.0 Å². The van der Waals surface area contributed by atoms with Gasteiger partial charge in [0.2, 0.25) is 0 Å². The van der Waals surface area contributed by atoms with Crippen molar-refractivity contribution in [1.29, 1.82) is 0 Å². The van der Waals surface area contributed by atoms with Crippen molar-refractivity contribution in [1.82, 2.24) is 4.90 Å². The lowest BCUT2D eigenvalue weighted by Crippen LogP contribution is -2.38. The van der Waals surface area contributed by atoms with E-state index in [-0.39, 0.29) is 22.7 Å². The van der Waals surface area contributed by atoms with Crippen molar-refractivity contribution in [3.63, 3.8) is 0 Å². The summed E-state index contributed by atoms with van der Waals surface area (Å²) in [5.74, 6) is -1.89. The molecule has 1 aromatic heterocycles. The number of amides is 1. The SMILES string of the molecule is CC(CN(C(=O)c1csc(S(C)(=O)=O)c1)C1CC1)C(=O)O. The van der Waals surface area contributed by atoms with E-state index in [4.69, 9.17) is 5.11 Å². The van der Waals surface area contributed by atoms with Crippen LogP contribution in [0.25, 0.3) is 0 Å². The Morgan fingerprint density at radius 3 is 2.52 bits per heavy atom. The largest absolute Gasteiger partial charge is 0.481 e. The van der Waals surface area contributed by atoms with E-state index in [2.05, 4.69) is 0 Å². The molecule has 0 radical (unpaired) electrons. The summed E-state index contributed by atoms with van der Waals surface area (Å²) in [5.41, 5.74) is 0.310. The molecule has 1 aromatic rings. The summed E-state index contributed by atoms with van der Waals surface area (Å²) in [7, 11) is -3.33. The fraction of sp³-hybridized carbons (Fsp3) is 0.538. The van der Waals surface area contributed by atoms with Crippen LogP contribution in [0.4, 0.5) is 0 Å². The van der Waals surface area contributed by atoms with Gasteiger partial charge in [-0.1, -0.05) is 6.92 Å². The van der Waals surface area contributed by atoms with Crippen molar-refractivity contribution in [3.8, 4) is 0 Å². The minimum Gasteiger partial charge on any atom is -0.481 e. The summed E-state index contributed by atoms with van der Waals surface area (Å²) >= 11 is 1.01. The van der Waals surface area contributed by atoms with E-state index >= 15 is 0 Å². The maximum Gasteiger partial charge on any atom is 0.308 e. The quantitative estimate of drug-likeness (QED) is 0.852. The second kappa shape index (κ2) is 5.76. The average molecular weight is 331 g/mol. The number of thiophene rings is 1. The lowest BCUT2D eigenvalue weighted by molar-refractivity contribution is -0.141. The number of nitrogens with zero attached hydrogens (tertiary/aromatic N) is 1. The lowest BCUT2D eigenvalue weighted by atomic mass is 10.1. The fourth-order valence-corrected chi connectivity index (χ4v) is 3.74. The Kier molecular flexibility index (Phi) is 4.38. The number of rotatable bonds is 6. The van der Waals surface area contributed by atoms with Gasteiger partial charge in [-0.25, -0.2) is 8.42 Å². The normalized spacial score (nSPS) is 16.5. The molecule has 0 spiro atoms. The predicted molar refractivity (Wildman–Crippen MR) is 78.3 cm³/mol. The van der Waals surface area contributed by atoms with E-state index in [0.29, 0.717) is 5.56 Å². The highest BCUT2D eigenvalue weighted by Gasteiger charge is 2.35. The molecule has 0 aliphatic heterocycles. The molecule has 1 N–H and O–H groups in total. The van der Waals surface area contributed by atoms with E-state index in [1.54, 1.807) is 11.8 Å². The molecule has 1 amide bonds. The van der Waals surface area contributed by atoms with Crippen LogP contribution in [-0.2, 0) is 14.6 Å². The van der Waals surface area contributed by atoms with Crippen molar-refractivity contribution >= 4 is 33.1 Å². The molecular weight excluding hydrogens is 314 g/mol. The van der Waals surface area contributed by atoms with Gasteiger partial charge in [-0.05, 0) is 18.9 Å². The summed E-state index contributed by atoms with van der Waals surface area (Å²) < 4.78 is 23.1. The van der Waals surface area contributed by atoms with Gasteiger partial charge in [0.15, 0.2) is 9.84 Å². The van der Waals surface area contributed by atoms with Gasteiger partial charge in [0.25, 0.3) is 5.91 Å². The third-order valence-electron chi connectivity index (χ3n) is 3.33. The molecule has 0 aromatic carbocycles. The van der Waals surface area contributed by atoms with Crippen LogP contribution in [0.2, 0.25) is 0 Å². The summed E-state index contributed by atoms with van der Waals surface area (Å²) in [4.78, 5) is 25.0. The summed E-state index contributed by atoms with van der Waals surface area (Å²) in [6.45, 7) is 1.70. The number of hydrogen-bond donors (Lipinski definition) is 1. The van der Waals surface area contributed by atoms with Gasteiger partial charge in [-0.15, -0.1) is 11.3 Å². The number of carbonyl (C=O) groups excluding carboxylic acids is 1. The van der Waals surface area contributed by atoms with Gasteiger partial charge in [0.05, 0.1) is 11.5 Å². The molecule has 1 atom stereocenters. The van der Waals surface area contributed by atoms with Crippen molar-refractivity contribution in [2.24, 2.45) is 5.92 Å². The van der Waals surface area contributed by atoms with Gasteiger partial charge < -0.3 is 10.0 Å². The van der Waals surface area contributed by atoms with Crippen LogP contribution in [0.15, 0.2) is 15.7 Å². The molecule has 1 aliphatic rings. The van der Waals surface area contributed by atoms with Crippen LogP contribution < -0.4 is 0 Å². The second-order valence-corrected chi connectivity index (χ2v) is 8.51. The third-order valence-corrected chi connectivity index (χ3v) is 6.10. The molecule has 116 valence electrons. The van der Waals surface area contributed by atoms with Crippen LogP contribution in [0.3, 0.4) is 0 Å². The topological polar surface area (TPSA) is 91.8 Å². The monoisotopic (exact) mass is 331 g/mol. The Hall–Kier alpha value is -1.41. The fourth-order valence-electron chi connectivity index (χ4n) is 1.95. The molecule has 0 saturated heterocycles. The molecule has 2 rings (SSSR count). The third kappa shape index (κ3) is 3.82. The van der Waals surface area contributed by atoms with Gasteiger partial charge in [0.1, 0.15) is 4.21 Å². The zero-order valence-electron chi connectivity index (χ0n) is 11.8. The summed E-state index contributed by atoms with van der Waals surface area (Å²) in [5, 5.41) is 10.5. The van der Waals surface area contributed by atoms with Gasteiger partial charge in [-0.2, -0.15) is 0 Å². The number of hydrogen-bond acceptors (Lipinski definition) is 5. The first kappa shape index (κ1) is 16.0. The average Bonchev–Trinajstić information content (AvgIpc) is 3.08. The lowest BCUT2D eigenvalue weighted by Gasteiger charge is -2.23. The Labute approximate surface area is 127 Å². The molecule has 1 fully saturated rings. The minimum atomic E-state index is -3.33. The van der Waals surface area contributed by atoms with Gasteiger partial charge in [-0.3, -0.25) is 9.59 Å². The molecule has 6 nitrogen and oxygen atoms in total. The van der Waals surface area contributed by atoms with Crippen molar-refractivity contribution in [2.75, 3.05) is 12.8 Å². The maximum absolute atomic E-state index is 12.5. The zero-order chi connectivity index (χ0) is 15.8. The van der Waals surface area contributed by atoms with Gasteiger partial charge in [0, 0.05) is 24.2 Å². The van der Waals surface area contributed by atoms with Crippen molar-refractivity contribution in [2.45, 2.75) is 30.0 Å². The van der Waals surface area contributed by atoms with Crippen LogP contribution in [-0.4, -0.2) is 49.1 Å². The van der Waals surface area contributed by atoms with Crippen LogP contribution in [0.1, 0.15) is 30.1 Å². The smallest absolute Gasteiger partial charge is 0.308 e. The number of sulfone groups is 1. The summed E-state index contributed by atoms with van der Waals surface area (Å²) in [6.07, 6.45) is 2.82. The Morgan fingerprint density at radius 1 is 1.48 bits per heavy atom. The summed E-state index contributed by atoms with van der Waals surface area (Å²) in [6, 6.07) is 1.43. The predicted octanol–water partition coefficient (Wildman–Crippen LogP) is 1.48. The first-order valence-electron chi connectivity index (χ1n) is 6.52. The second-order valence-electron chi connectivity index (χ2n) is 5.35. The molecule has 21 heavy (non-hydrogen) atoms. The highest BCUT2D eigenvalue weighted by molar-refractivity contribution is 7.92. The molecular formula is C13H17NO5S2. The van der Waals surface area contributed by atoms with E-state index in [1.807, 2.05) is 0 Å². The van der Waals surface area contributed by atoms with Crippen molar-refractivity contribution in [3.05, 3.63) is 17.0 Å². The number of carboxylic acid groups (broad SMARTS) is 1. The molecule has 1 heterocycles. The highest BCUT2D eigenvalue weighted by Crippen LogP contribution is 2.30. The minimum absolute atomic E-state index is 0.0703. The van der Waals surface area contributed by atoms with E-state index < -0.39 is 21.7 Å². The first-order valence-corrected chi connectivity index (χ1v) is 9.29. The number of carbonyl (C=O) groups is 2. The first-order chi connectivity index (χ1) is 9.70. The number of carboxylic acids is 1. The standard InChI is InChI=1S/C13H17NO5S2/c1-8(13(16)17)6-14(10-3-4-10)12(15)9-5-11(20-7-9)21(2,18)19/h5,7-8,10H,3-4,6H2,1-2H3,(H,16,17). The van der Waals surface area contributed by atoms with E-state index in [1.165, 1.54) is 11.4 Å². The zero-order valence-corrected chi connectivity index (χ0v) is 13.4.